The van der Waals surface area contributed by atoms with E-state index in [-0.39, 0.29) is 5.71 Å². The summed E-state index contributed by atoms with van der Waals surface area (Å²) in [5.41, 5.74) is 10.1. The Balaban J connectivity index is 1.54. The number of ether oxygens (including phenoxy) is 1. The van der Waals surface area contributed by atoms with Gasteiger partial charge in [0.2, 0.25) is 0 Å². The van der Waals surface area contributed by atoms with Crippen molar-refractivity contribution in [2.24, 2.45) is 0 Å². The molecule has 0 radical (unpaired) electrons. The molecule has 2 aromatic heterocycles. The van der Waals surface area contributed by atoms with E-state index in [4.69, 9.17) is 15.9 Å². The van der Waals surface area contributed by atoms with Gasteiger partial charge in [0.15, 0.2) is 0 Å². The Kier molecular flexibility index (Phi) is 6.30. The number of amides is 1. The molecule has 31 heavy (non-hydrogen) atoms. The molecule has 3 aromatic rings. The second kappa shape index (κ2) is 9.46. The lowest BCUT2D eigenvalue weighted by molar-refractivity contribution is -0.110. The van der Waals surface area contributed by atoms with Crippen molar-refractivity contribution in [1.82, 2.24) is 14.9 Å². The van der Waals surface area contributed by atoms with Crippen LogP contribution in [-0.2, 0) is 16.1 Å². The number of nitrogens with zero attached hydrogens (tertiary/aromatic N) is 3. The fraction of sp³-hybridized carbons (Fsp3) is 0.217. The second-order valence-electron chi connectivity index (χ2n) is 7.34. The van der Waals surface area contributed by atoms with E-state index in [1.54, 1.807) is 42.9 Å². The SMILES string of the molecule is N=C(C(=O)Nc1ccncc1)c1cc(-c2cncc(CN3CCOCC3)c2)ccc1N. The molecule has 3 heterocycles. The first kappa shape index (κ1) is 20.6. The Hall–Kier alpha value is -3.62. The van der Waals surface area contributed by atoms with Gasteiger partial charge in [0, 0.05) is 66.9 Å². The van der Waals surface area contributed by atoms with E-state index in [2.05, 4.69) is 26.3 Å². The van der Waals surface area contributed by atoms with Crippen LogP contribution in [0.3, 0.4) is 0 Å². The van der Waals surface area contributed by atoms with Gasteiger partial charge in [-0.05, 0) is 41.5 Å². The van der Waals surface area contributed by atoms with Gasteiger partial charge < -0.3 is 15.8 Å². The van der Waals surface area contributed by atoms with Crippen molar-refractivity contribution in [3.05, 3.63) is 72.3 Å². The molecule has 0 aliphatic carbocycles. The number of nitrogens with two attached hydrogens (primary N) is 1. The predicted molar refractivity (Wildman–Crippen MR) is 120 cm³/mol. The standard InChI is InChI=1S/C23H24N6O2/c24-21-2-1-17(12-20(21)22(25)23(30)28-19-3-5-26-6-4-19)18-11-16(13-27-14-18)15-29-7-9-31-10-8-29/h1-6,11-14,25H,7-10,15,24H2,(H,26,28,30). The van der Waals surface area contributed by atoms with Gasteiger partial charge >= 0.3 is 0 Å². The third-order valence-corrected chi connectivity index (χ3v) is 5.13. The first-order chi connectivity index (χ1) is 15.1. The molecule has 1 aliphatic rings. The molecule has 0 atom stereocenters. The Morgan fingerprint density at radius 2 is 1.84 bits per heavy atom. The van der Waals surface area contributed by atoms with Crippen molar-refractivity contribution in [1.29, 1.82) is 5.41 Å². The molecule has 4 rings (SSSR count). The first-order valence-electron chi connectivity index (χ1n) is 10.0. The Labute approximate surface area is 180 Å². The zero-order valence-corrected chi connectivity index (χ0v) is 17.0. The van der Waals surface area contributed by atoms with Crippen molar-refractivity contribution in [3.8, 4) is 11.1 Å². The van der Waals surface area contributed by atoms with Crippen LogP contribution in [0.5, 0.6) is 0 Å². The summed E-state index contributed by atoms with van der Waals surface area (Å²) in [5, 5.41) is 11.0. The number of nitrogen functional groups attached to an aromatic ring is 1. The number of carbonyl (C=O) groups excluding carboxylic acids is 1. The molecule has 0 saturated carbocycles. The summed E-state index contributed by atoms with van der Waals surface area (Å²) in [6, 6.07) is 10.8. The maximum absolute atomic E-state index is 12.5. The normalized spacial score (nSPS) is 14.2. The van der Waals surface area contributed by atoms with E-state index >= 15 is 0 Å². The minimum atomic E-state index is -0.533. The van der Waals surface area contributed by atoms with Crippen molar-refractivity contribution < 1.29 is 9.53 Å². The number of hydrogen-bond donors (Lipinski definition) is 3. The van der Waals surface area contributed by atoms with Crippen LogP contribution < -0.4 is 11.1 Å². The zero-order chi connectivity index (χ0) is 21.6. The lowest BCUT2D eigenvalue weighted by atomic mass is 9.99. The topological polar surface area (TPSA) is 117 Å². The Bertz CT molecular complexity index is 1080. The van der Waals surface area contributed by atoms with Crippen LogP contribution in [0.15, 0.2) is 61.2 Å². The first-order valence-corrected chi connectivity index (χ1v) is 10.0. The number of carbonyl (C=O) groups is 1. The van der Waals surface area contributed by atoms with Crippen LogP contribution in [0, 0.1) is 5.41 Å². The molecule has 0 unspecified atom stereocenters. The number of morpholine rings is 1. The summed E-state index contributed by atoms with van der Waals surface area (Å²) in [6.07, 6.45) is 6.79. The van der Waals surface area contributed by atoms with E-state index < -0.39 is 5.91 Å². The van der Waals surface area contributed by atoms with Crippen LogP contribution in [-0.4, -0.2) is 52.8 Å². The maximum Gasteiger partial charge on any atom is 0.274 e. The van der Waals surface area contributed by atoms with Gasteiger partial charge in [-0.25, -0.2) is 0 Å². The number of nitrogens with one attached hydrogen (secondary N) is 2. The highest BCUT2D eigenvalue weighted by atomic mass is 16.5. The monoisotopic (exact) mass is 416 g/mol. The maximum atomic E-state index is 12.5. The molecule has 1 aromatic carbocycles. The fourth-order valence-electron chi connectivity index (χ4n) is 3.45. The summed E-state index contributed by atoms with van der Waals surface area (Å²) in [4.78, 5) is 23.2. The van der Waals surface area contributed by atoms with E-state index in [0.717, 1.165) is 49.5 Å². The molecule has 8 nitrogen and oxygen atoms in total. The second-order valence-corrected chi connectivity index (χ2v) is 7.34. The summed E-state index contributed by atoms with van der Waals surface area (Å²) in [6.45, 7) is 4.10. The van der Waals surface area contributed by atoms with Crippen molar-refractivity contribution in [3.63, 3.8) is 0 Å². The minimum absolute atomic E-state index is 0.200. The van der Waals surface area contributed by atoms with Crippen LogP contribution in [0.1, 0.15) is 11.1 Å². The van der Waals surface area contributed by atoms with Crippen molar-refractivity contribution in [2.45, 2.75) is 6.54 Å². The van der Waals surface area contributed by atoms with Gasteiger partial charge in [-0.2, -0.15) is 0 Å². The zero-order valence-electron chi connectivity index (χ0n) is 17.0. The third kappa shape index (κ3) is 5.11. The smallest absolute Gasteiger partial charge is 0.274 e. The van der Waals surface area contributed by atoms with E-state index in [1.807, 2.05) is 12.3 Å². The molecule has 0 bridgehead atoms. The van der Waals surface area contributed by atoms with Crippen molar-refractivity contribution >= 4 is 23.0 Å². The van der Waals surface area contributed by atoms with Crippen LogP contribution in [0.25, 0.3) is 11.1 Å². The van der Waals surface area contributed by atoms with Crippen LogP contribution in [0.2, 0.25) is 0 Å². The molecular weight excluding hydrogens is 392 g/mol. The van der Waals surface area contributed by atoms with Gasteiger partial charge in [0.05, 0.1) is 13.2 Å². The largest absolute Gasteiger partial charge is 0.398 e. The summed E-state index contributed by atoms with van der Waals surface area (Å²) in [7, 11) is 0. The third-order valence-electron chi connectivity index (χ3n) is 5.13. The lowest BCUT2D eigenvalue weighted by Crippen LogP contribution is -2.35. The molecule has 4 N–H and O–H groups in total. The predicted octanol–water partition coefficient (Wildman–Crippen LogP) is 2.56. The number of aromatic nitrogens is 2. The van der Waals surface area contributed by atoms with Gasteiger partial charge in [0.25, 0.3) is 5.91 Å². The Morgan fingerprint density at radius 1 is 1.06 bits per heavy atom. The van der Waals surface area contributed by atoms with Crippen LogP contribution >= 0.6 is 0 Å². The van der Waals surface area contributed by atoms with Gasteiger partial charge in [-0.15, -0.1) is 0 Å². The summed E-state index contributed by atoms with van der Waals surface area (Å²) in [5.74, 6) is -0.533. The average molecular weight is 416 g/mol. The Morgan fingerprint density at radius 3 is 2.61 bits per heavy atom. The quantitative estimate of drug-likeness (QED) is 0.420. The molecule has 1 amide bonds. The lowest BCUT2D eigenvalue weighted by Gasteiger charge is -2.26. The summed E-state index contributed by atoms with van der Waals surface area (Å²) < 4.78 is 5.41. The van der Waals surface area contributed by atoms with E-state index in [9.17, 15) is 4.79 Å². The molecule has 8 heteroatoms. The van der Waals surface area contributed by atoms with Crippen LogP contribution in [0.4, 0.5) is 11.4 Å². The number of anilines is 2. The number of rotatable bonds is 6. The van der Waals surface area contributed by atoms with Gasteiger partial charge in [-0.1, -0.05) is 6.07 Å². The fourth-order valence-corrected chi connectivity index (χ4v) is 3.45. The highest BCUT2D eigenvalue weighted by molar-refractivity contribution is 6.48. The summed E-state index contributed by atoms with van der Waals surface area (Å²) >= 11 is 0. The molecular formula is C23H24N6O2. The highest BCUT2D eigenvalue weighted by Crippen LogP contribution is 2.25. The molecule has 1 saturated heterocycles. The molecule has 1 aliphatic heterocycles. The van der Waals surface area contributed by atoms with Gasteiger partial charge in [0.1, 0.15) is 5.71 Å². The average Bonchev–Trinajstić information content (AvgIpc) is 2.80. The molecule has 0 spiro atoms. The van der Waals surface area contributed by atoms with E-state index in [0.29, 0.717) is 16.9 Å². The highest BCUT2D eigenvalue weighted by Gasteiger charge is 2.17. The number of benzene rings is 1. The van der Waals surface area contributed by atoms with Gasteiger partial charge in [-0.3, -0.25) is 25.1 Å². The molecule has 158 valence electrons. The number of pyridine rings is 2. The molecule has 1 fully saturated rings. The minimum Gasteiger partial charge on any atom is -0.398 e. The van der Waals surface area contributed by atoms with E-state index in [1.165, 1.54) is 0 Å². The van der Waals surface area contributed by atoms with Crippen molar-refractivity contribution in [2.75, 3.05) is 37.4 Å². The number of hydrogen-bond acceptors (Lipinski definition) is 7.